The van der Waals surface area contributed by atoms with Gasteiger partial charge in [0.25, 0.3) is 0 Å². The summed E-state index contributed by atoms with van der Waals surface area (Å²) in [4.78, 5) is 29.7. The molecule has 0 saturated heterocycles. The predicted octanol–water partition coefficient (Wildman–Crippen LogP) is 3.69. The molecule has 0 unspecified atom stereocenters. The largest absolute Gasteiger partial charge is 0.497 e. The summed E-state index contributed by atoms with van der Waals surface area (Å²) in [7, 11) is 1.60. The van der Waals surface area contributed by atoms with Crippen molar-refractivity contribution in [3.63, 3.8) is 0 Å². The number of hydrogen-bond acceptors (Lipinski definition) is 9. The number of benzene rings is 1. The molecule has 0 aliphatic rings. The molecule has 3 aromatic rings. The summed E-state index contributed by atoms with van der Waals surface area (Å²) >= 11 is 0.895. The van der Waals surface area contributed by atoms with E-state index in [9.17, 15) is 14.7 Å². The van der Waals surface area contributed by atoms with Gasteiger partial charge in [0.2, 0.25) is 5.01 Å². The number of rotatable bonds is 8. The van der Waals surface area contributed by atoms with Crippen LogP contribution < -0.4 is 4.74 Å². The normalized spacial score (nSPS) is 11.3. The van der Waals surface area contributed by atoms with E-state index in [2.05, 4.69) is 10.1 Å². The Hall–Kier alpha value is -3.24. The molecule has 0 radical (unpaired) electrons. The Morgan fingerprint density at radius 1 is 1.15 bits per heavy atom. The second-order valence-corrected chi connectivity index (χ2v) is 9.11. The number of methoxy groups -OCH3 is 1. The molecule has 0 amide bonds. The number of ether oxygens (including phenoxy) is 3. The first-order valence-corrected chi connectivity index (χ1v) is 11.2. The number of aliphatic hydroxyl groups is 1. The molecular formula is C23H27N3O6S. The third-order valence-corrected chi connectivity index (χ3v) is 5.42. The first-order valence-electron chi connectivity index (χ1n) is 10.4. The van der Waals surface area contributed by atoms with E-state index in [1.165, 1.54) is 0 Å². The fourth-order valence-electron chi connectivity index (χ4n) is 3.02. The van der Waals surface area contributed by atoms with Crippen molar-refractivity contribution in [1.82, 2.24) is 14.8 Å². The first kappa shape index (κ1) is 24.4. The molecule has 10 heteroatoms. The van der Waals surface area contributed by atoms with Crippen LogP contribution >= 0.6 is 11.3 Å². The minimum absolute atomic E-state index is 0.0229. The molecule has 0 atom stereocenters. The highest BCUT2D eigenvalue weighted by Crippen LogP contribution is 2.32. The molecular weight excluding hydrogens is 446 g/mol. The SMILES string of the molecule is CCOC(=O)c1sc(C(=O)OC(C)(C)C)nc1-c1cn(Cc2ccc(OC)cc2)nc1CO. The molecule has 0 aliphatic heterocycles. The average molecular weight is 474 g/mol. The van der Waals surface area contributed by atoms with Gasteiger partial charge in [0.05, 0.1) is 32.6 Å². The zero-order chi connectivity index (χ0) is 24.2. The summed E-state index contributed by atoms with van der Waals surface area (Å²) in [6.45, 7) is 7.17. The third-order valence-electron chi connectivity index (χ3n) is 4.41. The predicted molar refractivity (Wildman–Crippen MR) is 122 cm³/mol. The number of hydrogen-bond donors (Lipinski definition) is 1. The molecule has 176 valence electrons. The van der Waals surface area contributed by atoms with Gasteiger partial charge in [-0.15, -0.1) is 0 Å². The summed E-state index contributed by atoms with van der Waals surface area (Å²) in [5.74, 6) is -0.501. The zero-order valence-electron chi connectivity index (χ0n) is 19.2. The number of thiazole rings is 1. The maximum absolute atomic E-state index is 12.6. The average Bonchev–Trinajstić information content (AvgIpc) is 3.37. The van der Waals surface area contributed by atoms with Gasteiger partial charge in [0.15, 0.2) is 0 Å². The second-order valence-electron chi connectivity index (χ2n) is 8.11. The van der Waals surface area contributed by atoms with E-state index >= 15 is 0 Å². The van der Waals surface area contributed by atoms with Crippen molar-refractivity contribution in [2.75, 3.05) is 13.7 Å². The number of carbonyl (C=O) groups is 2. The van der Waals surface area contributed by atoms with Crippen LogP contribution in [0.1, 0.15) is 58.4 Å². The summed E-state index contributed by atoms with van der Waals surface area (Å²) in [6.07, 6.45) is 1.69. The van der Waals surface area contributed by atoms with Crippen molar-refractivity contribution in [3.05, 3.63) is 51.6 Å². The molecule has 0 bridgehead atoms. The van der Waals surface area contributed by atoms with Crippen LogP contribution in [0.15, 0.2) is 30.5 Å². The highest BCUT2D eigenvalue weighted by atomic mass is 32.1. The van der Waals surface area contributed by atoms with E-state index in [0.29, 0.717) is 17.8 Å². The first-order chi connectivity index (χ1) is 15.6. The fraction of sp³-hybridized carbons (Fsp3) is 0.391. The molecule has 0 fully saturated rings. The maximum Gasteiger partial charge on any atom is 0.368 e. The van der Waals surface area contributed by atoms with Gasteiger partial charge in [0.1, 0.15) is 21.9 Å². The van der Waals surface area contributed by atoms with Gasteiger partial charge in [-0.05, 0) is 45.4 Å². The van der Waals surface area contributed by atoms with E-state index < -0.39 is 17.5 Å². The van der Waals surface area contributed by atoms with Crippen LogP contribution in [0.5, 0.6) is 5.75 Å². The summed E-state index contributed by atoms with van der Waals surface area (Å²) in [5.41, 5.74) is 1.25. The molecule has 0 saturated carbocycles. The minimum Gasteiger partial charge on any atom is -0.497 e. The number of carbonyl (C=O) groups excluding carboxylic acids is 2. The summed E-state index contributed by atoms with van der Waals surface area (Å²) in [6, 6.07) is 7.51. The van der Waals surface area contributed by atoms with Gasteiger partial charge >= 0.3 is 11.9 Å². The van der Waals surface area contributed by atoms with E-state index in [0.717, 1.165) is 22.6 Å². The van der Waals surface area contributed by atoms with Gasteiger partial charge in [-0.2, -0.15) is 5.10 Å². The molecule has 2 heterocycles. The minimum atomic E-state index is -0.716. The van der Waals surface area contributed by atoms with Gasteiger partial charge in [0, 0.05) is 11.8 Å². The molecule has 0 spiro atoms. The Bertz CT molecular complexity index is 1130. The number of nitrogens with zero attached hydrogens (tertiary/aromatic N) is 3. The molecule has 1 N–H and O–H groups in total. The van der Waals surface area contributed by atoms with Gasteiger partial charge in [-0.25, -0.2) is 14.6 Å². The second kappa shape index (κ2) is 10.1. The van der Waals surface area contributed by atoms with E-state index in [4.69, 9.17) is 14.2 Å². The molecule has 9 nitrogen and oxygen atoms in total. The monoisotopic (exact) mass is 473 g/mol. The lowest BCUT2D eigenvalue weighted by Crippen LogP contribution is -2.23. The molecule has 3 rings (SSSR count). The third kappa shape index (κ3) is 5.96. The lowest BCUT2D eigenvalue weighted by Gasteiger charge is -2.18. The lowest BCUT2D eigenvalue weighted by atomic mass is 10.1. The number of aromatic nitrogens is 3. The molecule has 0 aliphatic carbocycles. The smallest absolute Gasteiger partial charge is 0.368 e. The fourth-order valence-corrected chi connectivity index (χ4v) is 3.87. The van der Waals surface area contributed by atoms with Crippen molar-refractivity contribution < 1.29 is 28.9 Å². The summed E-state index contributed by atoms with van der Waals surface area (Å²) < 4.78 is 17.4. The molecule has 33 heavy (non-hydrogen) atoms. The van der Waals surface area contributed by atoms with Gasteiger partial charge < -0.3 is 19.3 Å². The van der Waals surface area contributed by atoms with E-state index in [-0.39, 0.29) is 28.8 Å². The van der Waals surface area contributed by atoms with Crippen LogP contribution in [0.3, 0.4) is 0 Å². The van der Waals surface area contributed by atoms with E-state index in [1.807, 2.05) is 24.3 Å². The Morgan fingerprint density at radius 2 is 1.85 bits per heavy atom. The molecule has 2 aromatic heterocycles. The lowest BCUT2D eigenvalue weighted by molar-refractivity contribution is 0.00690. The van der Waals surface area contributed by atoms with Crippen LogP contribution in [0.25, 0.3) is 11.3 Å². The Kier molecular flexibility index (Phi) is 7.50. The quantitative estimate of drug-likeness (QED) is 0.493. The van der Waals surface area contributed by atoms with Gasteiger partial charge in [-0.3, -0.25) is 4.68 Å². The van der Waals surface area contributed by atoms with Crippen molar-refractivity contribution in [2.45, 2.75) is 46.4 Å². The summed E-state index contributed by atoms with van der Waals surface area (Å²) in [5, 5.41) is 14.4. The van der Waals surface area contributed by atoms with Crippen LogP contribution in [0, 0.1) is 0 Å². The maximum atomic E-state index is 12.6. The Labute approximate surface area is 195 Å². The van der Waals surface area contributed by atoms with Crippen LogP contribution in [0.4, 0.5) is 0 Å². The highest BCUT2D eigenvalue weighted by Gasteiger charge is 2.29. The number of esters is 2. The van der Waals surface area contributed by atoms with E-state index in [1.54, 1.807) is 45.7 Å². The zero-order valence-corrected chi connectivity index (χ0v) is 20.1. The van der Waals surface area contributed by atoms with Crippen molar-refractivity contribution >= 4 is 23.3 Å². The topological polar surface area (TPSA) is 113 Å². The number of aliphatic hydroxyl groups excluding tert-OH is 1. The molecule has 1 aromatic carbocycles. The Morgan fingerprint density at radius 3 is 2.42 bits per heavy atom. The Balaban J connectivity index is 2.00. The van der Waals surface area contributed by atoms with Crippen molar-refractivity contribution in [3.8, 4) is 17.0 Å². The van der Waals surface area contributed by atoms with Crippen LogP contribution in [0.2, 0.25) is 0 Å². The standard InChI is InChI=1S/C23H27N3O6S/c1-6-31-21(28)19-18(24-20(33-19)22(29)32-23(2,3)4)16-12-26(25-17(16)13-27)11-14-7-9-15(30-5)10-8-14/h7-10,12,27H,6,11,13H2,1-5H3. The van der Waals surface area contributed by atoms with Crippen LogP contribution in [-0.4, -0.2) is 51.1 Å². The van der Waals surface area contributed by atoms with Crippen LogP contribution in [-0.2, 0) is 22.6 Å². The van der Waals surface area contributed by atoms with Crippen molar-refractivity contribution in [2.24, 2.45) is 0 Å². The highest BCUT2D eigenvalue weighted by molar-refractivity contribution is 7.15. The van der Waals surface area contributed by atoms with Gasteiger partial charge in [-0.1, -0.05) is 23.5 Å². The van der Waals surface area contributed by atoms with Crippen molar-refractivity contribution in [1.29, 1.82) is 0 Å².